The Kier molecular flexibility index (Phi) is 5.29. The summed E-state index contributed by atoms with van der Waals surface area (Å²) in [5.74, 6) is -0.134. The van der Waals surface area contributed by atoms with Gasteiger partial charge in [0.05, 0.1) is 0 Å². The van der Waals surface area contributed by atoms with Gasteiger partial charge in [-0.25, -0.2) is 4.39 Å². The minimum Gasteiger partial charge on any atom is -0.330 e. The summed E-state index contributed by atoms with van der Waals surface area (Å²) in [6.07, 6.45) is 1.01. The van der Waals surface area contributed by atoms with Gasteiger partial charge in [0, 0.05) is 13.1 Å². The summed E-state index contributed by atoms with van der Waals surface area (Å²) in [5, 5.41) is 0. The van der Waals surface area contributed by atoms with Crippen molar-refractivity contribution in [3.63, 3.8) is 0 Å². The van der Waals surface area contributed by atoms with E-state index in [1.807, 2.05) is 12.1 Å². The van der Waals surface area contributed by atoms with Crippen LogP contribution in [0, 0.1) is 18.2 Å². The molecule has 0 unspecified atom stereocenters. The number of benzene rings is 1. The molecule has 0 aliphatic heterocycles. The van der Waals surface area contributed by atoms with Gasteiger partial charge in [-0.05, 0) is 49.5 Å². The second-order valence-corrected chi connectivity index (χ2v) is 5.96. The van der Waals surface area contributed by atoms with Crippen molar-refractivity contribution in [2.75, 3.05) is 20.1 Å². The topological polar surface area (TPSA) is 29.3 Å². The maximum atomic E-state index is 13.2. The number of halogens is 1. The second kappa shape index (κ2) is 6.30. The number of hydrogen-bond donors (Lipinski definition) is 1. The summed E-state index contributed by atoms with van der Waals surface area (Å²) in [6.45, 7) is 8.81. The van der Waals surface area contributed by atoms with Crippen molar-refractivity contribution in [3.8, 4) is 0 Å². The highest BCUT2D eigenvalue weighted by molar-refractivity contribution is 5.23. The lowest BCUT2D eigenvalue weighted by molar-refractivity contribution is 0.195. The highest BCUT2D eigenvalue weighted by Crippen LogP contribution is 2.21. The zero-order valence-electron chi connectivity index (χ0n) is 12.0. The van der Waals surface area contributed by atoms with E-state index in [4.69, 9.17) is 5.73 Å². The Hall–Kier alpha value is -0.930. The molecule has 0 radical (unpaired) electrons. The molecular weight excluding hydrogens is 227 g/mol. The van der Waals surface area contributed by atoms with E-state index in [2.05, 4.69) is 25.8 Å². The Balaban J connectivity index is 2.59. The highest BCUT2D eigenvalue weighted by atomic mass is 19.1. The maximum Gasteiger partial charge on any atom is 0.126 e. The molecule has 0 fully saturated rings. The molecule has 0 amide bonds. The number of nitrogens with zero attached hydrogens (tertiary/aromatic N) is 1. The van der Waals surface area contributed by atoms with Gasteiger partial charge in [0.2, 0.25) is 0 Å². The highest BCUT2D eigenvalue weighted by Gasteiger charge is 2.19. The SMILES string of the molecule is Cc1cc(CN(C)CC(C)(C)CCN)ccc1F. The fourth-order valence-corrected chi connectivity index (χ4v) is 2.37. The summed E-state index contributed by atoms with van der Waals surface area (Å²) in [7, 11) is 2.09. The number of aryl methyl sites for hydroxylation is 1. The molecule has 3 heteroatoms. The summed E-state index contributed by atoms with van der Waals surface area (Å²) in [4.78, 5) is 2.27. The van der Waals surface area contributed by atoms with Crippen molar-refractivity contribution in [2.45, 2.75) is 33.7 Å². The fourth-order valence-electron chi connectivity index (χ4n) is 2.37. The summed E-state index contributed by atoms with van der Waals surface area (Å²) in [5.41, 5.74) is 7.70. The van der Waals surface area contributed by atoms with Crippen LogP contribution in [0.4, 0.5) is 4.39 Å². The molecule has 18 heavy (non-hydrogen) atoms. The van der Waals surface area contributed by atoms with Crippen molar-refractivity contribution in [3.05, 3.63) is 35.1 Å². The predicted octanol–water partition coefficient (Wildman–Crippen LogP) is 2.94. The van der Waals surface area contributed by atoms with E-state index in [-0.39, 0.29) is 11.2 Å². The zero-order valence-corrected chi connectivity index (χ0v) is 12.0. The average molecular weight is 252 g/mol. The minimum absolute atomic E-state index is 0.134. The van der Waals surface area contributed by atoms with Gasteiger partial charge in [0.1, 0.15) is 5.82 Å². The first kappa shape index (κ1) is 15.1. The fraction of sp³-hybridized carbons (Fsp3) is 0.600. The van der Waals surface area contributed by atoms with E-state index in [0.29, 0.717) is 5.56 Å². The first-order chi connectivity index (χ1) is 8.34. The molecule has 0 bridgehead atoms. The van der Waals surface area contributed by atoms with Gasteiger partial charge in [0.25, 0.3) is 0 Å². The van der Waals surface area contributed by atoms with E-state index < -0.39 is 0 Å². The molecule has 102 valence electrons. The lowest BCUT2D eigenvalue weighted by Gasteiger charge is -2.30. The smallest absolute Gasteiger partial charge is 0.126 e. The standard InChI is InChI=1S/C15H25FN2/c1-12-9-13(5-6-14(12)16)10-18(4)11-15(2,3)7-8-17/h5-6,9H,7-8,10-11,17H2,1-4H3. The maximum absolute atomic E-state index is 13.2. The van der Waals surface area contributed by atoms with Crippen molar-refractivity contribution in [2.24, 2.45) is 11.1 Å². The third-order valence-electron chi connectivity index (χ3n) is 3.19. The average Bonchev–Trinajstić information content (AvgIpc) is 2.22. The molecule has 0 saturated carbocycles. The Morgan fingerprint density at radius 2 is 2.00 bits per heavy atom. The Bertz CT molecular complexity index is 388. The van der Waals surface area contributed by atoms with Gasteiger partial charge in [-0.15, -0.1) is 0 Å². The Labute approximate surface area is 110 Å². The van der Waals surface area contributed by atoms with Crippen molar-refractivity contribution < 1.29 is 4.39 Å². The van der Waals surface area contributed by atoms with Gasteiger partial charge >= 0.3 is 0 Å². The van der Waals surface area contributed by atoms with Crippen LogP contribution in [-0.4, -0.2) is 25.0 Å². The molecule has 0 aromatic heterocycles. The van der Waals surface area contributed by atoms with Crippen LogP contribution in [0.25, 0.3) is 0 Å². The van der Waals surface area contributed by atoms with Gasteiger partial charge in [-0.1, -0.05) is 26.0 Å². The molecule has 2 N–H and O–H groups in total. The van der Waals surface area contributed by atoms with Gasteiger partial charge in [-0.2, -0.15) is 0 Å². The Morgan fingerprint density at radius 3 is 2.56 bits per heavy atom. The first-order valence-electron chi connectivity index (χ1n) is 6.48. The van der Waals surface area contributed by atoms with Crippen LogP contribution in [0.2, 0.25) is 0 Å². The normalized spacial score (nSPS) is 12.2. The van der Waals surface area contributed by atoms with Crippen molar-refractivity contribution in [1.29, 1.82) is 0 Å². The van der Waals surface area contributed by atoms with E-state index in [1.54, 1.807) is 13.0 Å². The lowest BCUT2D eigenvalue weighted by atomic mass is 9.89. The molecule has 1 rings (SSSR count). The van der Waals surface area contributed by atoms with E-state index in [0.717, 1.165) is 31.6 Å². The summed E-state index contributed by atoms with van der Waals surface area (Å²) in [6, 6.07) is 5.32. The summed E-state index contributed by atoms with van der Waals surface area (Å²) >= 11 is 0. The third kappa shape index (κ3) is 4.75. The predicted molar refractivity (Wildman–Crippen MR) is 74.9 cm³/mol. The van der Waals surface area contributed by atoms with Crippen molar-refractivity contribution in [1.82, 2.24) is 4.90 Å². The van der Waals surface area contributed by atoms with Crippen molar-refractivity contribution >= 4 is 0 Å². The monoisotopic (exact) mass is 252 g/mol. The van der Waals surface area contributed by atoms with Crippen LogP contribution in [0.1, 0.15) is 31.4 Å². The zero-order chi connectivity index (χ0) is 13.8. The van der Waals surface area contributed by atoms with Crippen LogP contribution >= 0.6 is 0 Å². The van der Waals surface area contributed by atoms with E-state index in [9.17, 15) is 4.39 Å². The number of rotatable bonds is 6. The molecule has 1 aromatic rings. The third-order valence-corrected chi connectivity index (χ3v) is 3.19. The van der Waals surface area contributed by atoms with Crippen LogP contribution in [0.3, 0.4) is 0 Å². The molecule has 2 nitrogen and oxygen atoms in total. The van der Waals surface area contributed by atoms with Gasteiger partial charge in [0.15, 0.2) is 0 Å². The van der Waals surface area contributed by atoms with Crippen LogP contribution in [0.15, 0.2) is 18.2 Å². The minimum atomic E-state index is -0.134. The number of hydrogen-bond acceptors (Lipinski definition) is 2. The van der Waals surface area contributed by atoms with Crippen LogP contribution in [-0.2, 0) is 6.54 Å². The molecule has 0 heterocycles. The molecule has 0 aliphatic rings. The lowest BCUT2D eigenvalue weighted by Crippen LogP contribution is -2.32. The van der Waals surface area contributed by atoms with Crippen LogP contribution in [0.5, 0.6) is 0 Å². The largest absolute Gasteiger partial charge is 0.330 e. The van der Waals surface area contributed by atoms with Gasteiger partial charge in [-0.3, -0.25) is 0 Å². The number of nitrogens with two attached hydrogens (primary N) is 1. The van der Waals surface area contributed by atoms with E-state index in [1.165, 1.54) is 0 Å². The molecule has 1 aromatic carbocycles. The molecule has 0 aliphatic carbocycles. The molecule has 0 atom stereocenters. The quantitative estimate of drug-likeness (QED) is 0.843. The van der Waals surface area contributed by atoms with E-state index >= 15 is 0 Å². The molecule has 0 saturated heterocycles. The summed E-state index contributed by atoms with van der Waals surface area (Å²) < 4.78 is 13.2. The van der Waals surface area contributed by atoms with Crippen LogP contribution < -0.4 is 5.73 Å². The second-order valence-electron chi connectivity index (χ2n) is 5.96. The molecule has 0 spiro atoms. The van der Waals surface area contributed by atoms with Gasteiger partial charge < -0.3 is 10.6 Å². The molecular formula is C15H25FN2. The Morgan fingerprint density at radius 1 is 1.33 bits per heavy atom. The first-order valence-corrected chi connectivity index (χ1v) is 6.48.